The second-order valence-corrected chi connectivity index (χ2v) is 0. The van der Waals surface area contributed by atoms with Gasteiger partial charge in [0.05, 0.1) is 0 Å². The molecule has 42 valence electrons. The van der Waals surface area contributed by atoms with E-state index in [1.165, 1.54) is 0 Å². The Morgan fingerprint density at radius 2 is 0.400 bits per heavy atom. The molecule has 0 aromatic carbocycles. The Kier molecular flexibility index (Phi) is 48500. The first kappa shape index (κ1) is 707. The van der Waals surface area contributed by atoms with Gasteiger partial charge in [-0.1, -0.05) is 0 Å². The van der Waals surface area contributed by atoms with Crippen LogP contribution in [0.1, 0.15) is 0 Å². The van der Waals surface area contributed by atoms with Crippen LogP contribution in [0.4, 0.5) is 0 Å². The molecule has 0 saturated heterocycles. The smallest absolute Gasteiger partial charge is 0 e. The molecular formula is F4Pd-4. The summed E-state index contributed by atoms with van der Waals surface area (Å²) in [4.78, 5) is 0. The Bertz CT molecular complexity index is 3.61. The van der Waals surface area contributed by atoms with E-state index < -0.39 is 0 Å². The molecule has 0 N–H and O–H groups in total. The number of rotatable bonds is 0. The first-order valence-electron chi connectivity index (χ1n) is 0. The van der Waals surface area contributed by atoms with E-state index in [-0.39, 0.29) is 39.2 Å². The van der Waals surface area contributed by atoms with Gasteiger partial charge in [-0.3, -0.25) is 0 Å². The summed E-state index contributed by atoms with van der Waals surface area (Å²) in [6, 6.07) is 0. The van der Waals surface area contributed by atoms with Crippen LogP contribution >= 0.6 is 0 Å². The van der Waals surface area contributed by atoms with Gasteiger partial charge in [0.2, 0.25) is 0 Å². The Morgan fingerprint density at radius 1 is 0.400 bits per heavy atom. The van der Waals surface area contributed by atoms with Gasteiger partial charge < -0.3 is 18.8 Å². The molecule has 0 bridgehead atoms. The molecule has 5 heteroatoms. The van der Waals surface area contributed by atoms with Crippen molar-refractivity contribution in [3.63, 3.8) is 0 Å². The molecular weight excluding hydrogens is 182 g/mol. The van der Waals surface area contributed by atoms with Crippen LogP contribution < -0.4 is 18.8 Å². The van der Waals surface area contributed by atoms with Crippen molar-refractivity contribution in [2.45, 2.75) is 0 Å². The topological polar surface area (TPSA) is 0 Å². The van der Waals surface area contributed by atoms with Gasteiger partial charge in [-0.15, -0.1) is 0 Å². The third-order valence-corrected chi connectivity index (χ3v) is 0. The molecule has 0 aromatic heterocycles. The zero-order valence-electron chi connectivity index (χ0n) is 1.83. The maximum atomic E-state index is 0. The summed E-state index contributed by atoms with van der Waals surface area (Å²) >= 11 is 0. The van der Waals surface area contributed by atoms with Gasteiger partial charge in [-0.05, 0) is 0 Å². The van der Waals surface area contributed by atoms with E-state index >= 15 is 0 Å². The van der Waals surface area contributed by atoms with Crippen LogP contribution in [-0.2, 0) is 20.4 Å². The molecule has 0 heterocycles. The standard InChI is InChI=1S/4FH.Pd/h4*1H;/p-4. The minimum atomic E-state index is 0. The summed E-state index contributed by atoms with van der Waals surface area (Å²) in [5, 5.41) is 0. The van der Waals surface area contributed by atoms with E-state index in [0.717, 1.165) is 0 Å². The maximum Gasteiger partial charge on any atom is 0 e. The molecule has 0 fully saturated rings. The first-order valence-corrected chi connectivity index (χ1v) is 0. The molecule has 0 spiro atoms. The van der Waals surface area contributed by atoms with Crippen LogP contribution in [0.25, 0.3) is 0 Å². The van der Waals surface area contributed by atoms with Gasteiger partial charge in [0, 0.05) is 20.4 Å². The largest absolute Gasteiger partial charge is 1.00 e. The van der Waals surface area contributed by atoms with Crippen molar-refractivity contribution in [2.24, 2.45) is 0 Å². The number of hydrogen-bond acceptors (Lipinski definition) is 0. The van der Waals surface area contributed by atoms with Crippen LogP contribution in [0, 0.1) is 0 Å². The van der Waals surface area contributed by atoms with Crippen LogP contribution in [-0.4, -0.2) is 0 Å². The van der Waals surface area contributed by atoms with E-state index in [1.54, 1.807) is 0 Å². The Morgan fingerprint density at radius 3 is 0.400 bits per heavy atom. The molecule has 0 rings (SSSR count). The summed E-state index contributed by atoms with van der Waals surface area (Å²) in [6.45, 7) is 0. The van der Waals surface area contributed by atoms with Gasteiger partial charge in [-0.2, -0.15) is 0 Å². The summed E-state index contributed by atoms with van der Waals surface area (Å²) in [5.41, 5.74) is 0. The van der Waals surface area contributed by atoms with Crippen molar-refractivity contribution in [3.8, 4) is 0 Å². The van der Waals surface area contributed by atoms with Crippen LogP contribution in [0.2, 0.25) is 0 Å². The molecule has 0 aromatic rings. The van der Waals surface area contributed by atoms with E-state index in [9.17, 15) is 0 Å². The van der Waals surface area contributed by atoms with E-state index in [4.69, 9.17) is 0 Å². The maximum absolute atomic E-state index is 0. The predicted molar refractivity (Wildman–Crippen MR) is 0 cm³/mol. The number of halogens is 4. The fourth-order valence-corrected chi connectivity index (χ4v) is 0. The molecule has 5 heavy (non-hydrogen) atoms. The fraction of sp³-hybridized carbons (Fsp3) is 0. The van der Waals surface area contributed by atoms with Crippen molar-refractivity contribution in [2.75, 3.05) is 0 Å². The third-order valence-electron chi connectivity index (χ3n) is 0. The van der Waals surface area contributed by atoms with Gasteiger partial charge in [0.15, 0.2) is 0 Å². The average molecular weight is 182 g/mol. The molecule has 0 saturated carbocycles. The zero-order valence-corrected chi connectivity index (χ0v) is 3.38. The van der Waals surface area contributed by atoms with Crippen LogP contribution in [0.3, 0.4) is 0 Å². The molecule has 0 aliphatic rings. The Balaban J connectivity index is 0. The molecule has 0 nitrogen and oxygen atoms in total. The minimum absolute atomic E-state index is 0. The third kappa shape index (κ3) is 170. The molecule has 0 atom stereocenters. The molecule has 0 amide bonds. The Hall–Kier alpha value is 0.382. The SMILES string of the molecule is [F-].[F-].[F-].[F-].[Pd]. The van der Waals surface area contributed by atoms with Gasteiger partial charge >= 0.3 is 0 Å². The summed E-state index contributed by atoms with van der Waals surface area (Å²) in [5.74, 6) is 0. The van der Waals surface area contributed by atoms with Crippen molar-refractivity contribution in [1.29, 1.82) is 0 Å². The van der Waals surface area contributed by atoms with Crippen molar-refractivity contribution in [1.82, 2.24) is 0 Å². The normalized spacial score (nSPS) is 0. The summed E-state index contributed by atoms with van der Waals surface area (Å²) in [7, 11) is 0. The van der Waals surface area contributed by atoms with Crippen molar-refractivity contribution >= 4 is 0 Å². The summed E-state index contributed by atoms with van der Waals surface area (Å²) < 4.78 is 0. The fourth-order valence-electron chi connectivity index (χ4n) is 0. The second-order valence-electron chi connectivity index (χ2n) is 0. The minimum Gasteiger partial charge on any atom is -1.00 e. The molecule has 0 unspecified atom stereocenters. The Labute approximate surface area is 40.1 Å². The molecule has 0 aliphatic carbocycles. The quantitative estimate of drug-likeness (QED) is 0.258. The monoisotopic (exact) mass is 182 g/mol. The van der Waals surface area contributed by atoms with Crippen molar-refractivity contribution in [3.05, 3.63) is 0 Å². The summed E-state index contributed by atoms with van der Waals surface area (Å²) in [6.07, 6.45) is 0. The van der Waals surface area contributed by atoms with Crippen molar-refractivity contribution < 1.29 is 39.2 Å². The predicted octanol–water partition coefficient (Wildman–Crippen LogP) is -12.0. The zero-order chi connectivity index (χ0) is 0. The van der Waals surface area contributed by atoms with Crippen LogP contribution in [0.15, 0.2) is 0 Å². The van der Waals surface area contributed by atoms with E-state index in [0.29, 0.717) is 0 Å². The van der Waals surface area contributed by atoms with E-state index in [2.05, 4.69) is 0 Å². The molecule has 0 radical (unpaired) electrons. The first-order chi connectivity index (χ1) is 0. The van der Waals surface area contributed by atoms with E-state index in [1.807, 2.05) is 0 Å². The number of hydrogen-bond donors (Lipinski definition) is 0. The van der Waals surface area contributed by atoms with Gasteiger partial charge in [0.1, 0.15) is 0 Å². The second kappa shape index (κ2) is 343. The average Bonchev–Trinajstić information content (AvgIpc) is 0. The van der Waals surface area contributed by atoms with Gasteiger partial charge in [0.25, 0.3) is 0 Å². The van der Waals surface area contributed by atoms with Crippen LogP contribution in [0.5, 0.6) is 0 Å². The van der Waals surface area contributed by atoms with Gasteiger partial charge in [-0.25, -0.2) is 0 Å². The molecule has 0 aliphatic heterocycles.